The zero-order valence-electron chi connectivity index (χ0n) is 19.0. The van der Waals surface area contributed by atoms with E-state index in [2.05, 4.69) is 22.5 Å². The van der Waals surface area contributed by atoms with Gasteiger partial charge in [-0.3, -0.25) is 9.59 Å². The molecule has 1 aromatic heterocycles. The van der Waals surface area contributed by atoms with E-state index in [9.17, 15) is 9.59 Å². The van der Waals surface area contributed by atoms with Crippen LogP contribution in [0.2, 0.25) is 0 Å². The zero-order chi connectivity index (χ0) is 22.8. The Bertz CT molecular complexity index is 915. The predicted molar refractivity (Wildman–Crippen MR) is 129 cm³/mol. The predicted octanol–water partition coefficient (Wildman–Crippen LogP) is 4.78. The number of nitrogens with zero attached hydrogens (tertiary/aromatic N) is 1. The van der Waals surface area contributed by atoms with Gasteiger partial charge in [0.25, 0.3) is 0 Å². The molecule has 2 amide bonds. The number of carbonyl (C=O) groups is 2. The summed E-state index contributed by atoms with van der Waals surface area (Å²) in [6.45, 7) is 5.15. The van der Waals surface area contributed by atoms with Crippen molar-refractivity contribution in [3.8, 4) is 5.75 Å². The highest BCUT2D eigenvalue weighted by Gasteiger charge is 2.40. The Labute approximate surface area is 194 Å². The lowest BCUT2D eigenvalue weighted by Gasteiger charge is -2.36. The van der Waals surface area contributed by atoms with Crippen molar-refractivity contribution in [2.24, 2.45) is 0 Å². The number of aryl methyl sites for hydroxylation is 1. The molecule has 6 nitrogen and oxygen atoms in total. The summed E-state index contributed by atoms with van der Waals surface area (Å²) in [5.41, 5.74) is 1.02. The van der Waals surface area contributed by atoms with Crippen molar-refractivity contribution in [3.63, 3.8) is 0 Å². The summed E-state index contributed by atoms with van der Waals surface area (Å²) in [5.74, 6) is 0.461. The first kappa shape index (κ1) is 24.0. The van der Waals surface area contributed by atoms with Gasteiger partial charge in [-0.15, -0.1) is 11.3 Å². The average Bonchev–Trinajstić information content (AvgIpc) is 3.23. The Balaban J connectivity index is 1.55. The number of unbranched alkanes of at least 4 members (excludes halogenated alkanes) is 1. The Morgan fingerprint density at radius 3 is 2.59 bits per heavy atom. The number of amides is 2. The molecule has 172 valence electrons. The summed E-state index contributed by atoms with van der Waals surface area (Å²) in [4.78, 5) is 29.9. The summed E-state index contributed by atoms with van der Waals surface area (Å²) < 4.78 is 5.76. The smallest absolute Gasteiger partial charge is 0.245 e. The maximum Gasteiger partial charge on any atom is 0.245 e. The van der Waals surface area contributed by atoms with E-state index in [0.717, 1.165) is 54.1 Å². The molecule has 1 saturated carbocycles. The van der Waals surface area contributed by atoms with Crippen LogP contribution in [0.4, 0.5) is 0 Å². The maximum absolute atomic E-state index is 12.8. The van der Waals surface area contributed by atoms with E-state index in [4.69, 9.17) is 4.74 Å². The van der Waals surface area contributed by atoms with E-state index in [1.165, 1.54) is 6.08 Å². The first-order valence-corrected chi connectivity index (χ1v) is 12.3. The van der Waals surface area contributed by atoms with Crippen molar-refractivity contribution in [3.05, 3.63) is 52.0 Å². The molecular formula is C25H33N3O3S. The molecule has 2 aromatic rings. The van der Waals surface area contributed by atoms with Gasteiger partial charge in [0.1, 0.15) is 17.9 Å². The molecule has 0 radical (unpaired) electrons. The monoisotopic (exact) mass is 455 g/mol. The lowest BCUT2D eigenvalue weighted by molar-refractivity contribution is -0.133. The molecule has 7 heteroatoms. The van der Waals surface area contributed by atoms with Crippen molar-refractivity contribution in [2.75, 3.05) is 6.54 Å². The van der Waals surface area contributed by atoms with E-state index in [1.807, 2.05) is 36.6 Å². The summed E-state index contributed by atoms with van der Waals surface area (Å²) >= 11 is 1.61. The molecule has 1 aliphatic rings. The van der Waals surface area contributed by atoms with Gasteiger partial charge in [-0.05, 0) is 50.0 Å². The quantitative estimate of drug-likeness (QED) is 0.399. The third-order valence-corrected chi connectivity index (χ3v) is 6.50. The summed E-state index contributed by atoms with van der Waals surface area (Å²) in [6.07, 6.45) is 9.62. The number of hydrogen-bond acceptors (Lipinski definition) is 5. The Morgan fingerprint density at radius 2 is 1.94 bits per heavy atom. The van der Waals surface area contributed by atoms with Gasteiger partial charge in [-0.25, -0.2) is 4.98 Å². The minimum Gasteiger partial charge on any atom is -0.487 e. The van der Waals surface area contributed by atoms with Crippen molar-refractivity contribution in [1.82, 2.24) is 15.6 Å². The molecule has 1 aromatic carbocycles. The van der Waals surface area contributed by atoms with E-state index < -0.39 is 5.54 Å². The SMILES string of the molecule is CCCCNC(=O)C1(NC(=O)C=Cc2ccc(OCc3csc(C)n3)cc2)CCCCC1. The van der Waals surface area contributed by atoms with Crippen LogP contribution in [0, 0.1) is 6.92 Å². The molecule has 3 rings (SSSR count). The first-order valence-electron chi connectivity index (χ1n) is 11.4. The number of thiazole rings is 1. The second-order valence-electron chi connectivity index (χ2n) is 8.29. The van der Waals surface area contributed by atoms with Crippen molar-refractivity contribution >= 4 is 29.2 Å². The molecule has 0 spiro atoms. The Morgan fingerprint density at radius 1 is 1.19 bits per heavy atom. The van der Waals surface area contributed by atoms with Crippen LogP contribution >= 0.6 is 11.3 Å². The van der Waals surface area contributed by atoms with Gasteiger partial charge in [-0.1, -0.05) is 44.7 Å². The molecule has 2 N–H and O–H groups in total. The Hall–Kier alpha value is -2.67. The van der Waals surface area contributed by atoms with Gasteiger partial charge < -0.3 is 15.4 Å². The van der Waals surface area contributed by atoms with Crippen molar-refractivity contribution < 1.29 is 14.3 Å². The van der Waals surface area contributed by atoms with E-state index in [1.54, 1.807) is 17.4 Å². The molecule has 0 bridgehead atoms. The molecule has 0 aliphatic heterocycles. The van der Waals surface area contributed by atoms with Gasteiger partial charge in [0.05, 0.1) is 10.7 Å². The van der Waals surface area contributed by atoms with Crippen LogP contribution in [0.5, 0.6) is 5.75 Å². The number of carbonyl (C=O) groups excluding carboxylic acids is 2. The molecular weight excluding hydrogens is 422 g/mol. The van der Waals surface area contributed by atoms with Crippen LogP contribution in [0.3, 0.4) is 0 Å². The second-order valence-corrected chi connectivity index (χ2v) is 9.35. The fourth-order valence-corrected chi connectivity index (χ4v) is 4.47. The van der Waals surface area contributed by atoms with Crippen molar-refractivity contribution in [2.45, 2.75) is 70.9 Å². The van der Waals surface area contributed by atoms with E-state index >= 15 is 0 Å². The van der Waals surface area contributed by atoms with Crippen LogP contribution in [0.15, 0.2) is 35.7 Å². The topological polar surface area (TPSA) is 80.3 Å². The summed E-state index contributed by atoms with van der Waals surface area (Å²) in [7, 11) is 0. The minimum atomic E-state index is -0.793. The molecule has 0 saturated heterocycles. The highest BCUT2D eigenvalue weighted by Crippen LogP contribution is 2.28. The van der Waals surface area contributed by atoms with Gasteiger partial charge in [0, 0.05) is 18.0 Å². The van der Waals surface area contributed by atoms with Gasteiger partial charge >= 0.3 is 0 Å². The van der Waals surface area contributed by atoms with Gasteiger partial charge in [0.15, 0.2) is 0 Å². The normalized spacial score (nSPS) is 15.4. The van der Waals surface area contributed by atoms with E-state index in [-0.39, 0.29) is 11.8 Å². The molecule has 1 aliphatic carbocycles. The van der Waals surface area contributed by atoms with Gasteiger partial charge in [0.2, 0.25) is 11.8 Å². The fourth-order valence-electron chi connectivity index (χ4n) is 3.87. The molecule has 32 heavy (non-hydrogen) atoms. The molecule has 1 heterocycles. The number of benzene rings is 1. The third-order valence-electron chi connectivity index (χ3n) is 5.68. The highest BCUT2D eigenvalue weighted by atomic mass is 32.1. The van der Waals surface area contributed by atoms with E-state index in [0.29, 0.717) is 26.0 Å². The van der Waals surface area contributed by atoms with Crippen LogP contribution < -0.4 is 15.4 Å². The molecule has 0 unspecified atom stereocenters. The van der Waals surface area contributed by atoms with Gasteiger partial charge in [-0.2, -0.15) is 0 Å². The highest BCUT2D eigenvalue weighted by molar-refractivity contribution is 7.09. The molecule has 0 atom stereocenters. The second kappa shape index (κ2) is 11.8. The lowest BCUT2D eigenvalue weighted by Crippen LogP contribution is -2.59. The third kappa shape index (κ3) is 6.92. The number of ether oxygens (including phenoxy) is 1. The van der Waals surface area contributed by atoms with Crippen LogP contribution in [0.25, 0.3) is 6.08 Å². The largest absolute Gasteiger partial charge is 0.487 e. The average molecular weight is 456 g/mol. The van der Waals surface area contributed by atoms with Crippen LogP contribution in [-0.2, 0) is 16.2 Å². The number of nitrogens with one attached hydrogen (secondary N) is 2. The lowest BCUT2D eigenvalue weighted by atomic mass is 9.80. The number of aromatic nitrogens is 1. The standard InChI is InChI=1S/C25H33N3O3S/c1-3-4-16-26-24(30)25(14-6-5-7-15-25)28-23(29)13-10-20-8-11-22(12-9-20)31-17-21-18-32-19(2)27-21/h8-13,18H,3-7,14-17H2,1-2H3,(H,26,30)(H,28,29). The summed E-state index contributed by atoms with van der Waals surface area (Å²) in [6, 6.07) is 7.56. The number of rotatable bonds is 10. The van der Waals surface area contributed by atoms with Crippen LogP contribution in [-0.4, -0.2) is 28.9 Å². The van der Waals surface area contributed by atoms with Crippen LogP contribution in [0.1, 0.15) is 68.1 Å². The molecule has 1 fully saturated rings. The van der Waals surface area contributed by atoms with Crippen molar-refractivity contribution in [1.29, 1.82) is 0 Å². The zero-order valence-corrected chi connectivity index (χ0v) is 19.8. The maximum atomic E-state index is 12.8. The number of hydrogen-bond donors (Lipinski definition) is 2. The minimum absolute atomic E-state index is 0.0517. The fraction of sp³-hybridized carbons (Fsp3) is 0.480. The summed E-state index contributed by atoms with van der Waals surface area (Å²) in [5, 5.41) is 9.04. The first-order chi connectivity index (χ1) is 15.5. The Kier molecular flexibility index (Phi) is 8.85.